The highest BCUT2D eigenvalue weighted by molar-refractivity contribution is 7.89. The summed E-state index contributed by atoms with van der Waals surface area (Å²) in [6.45, 7) is 0.719. The summed E-state index contributed by atoms with van der Waals surface area (Å²) in [7, 11) is 0.244. The predicted octanol–water partition coefficient (Wildman–Crippen LogP) is 2.04. The number of nitrogens with zero attached hydrogens (tertiary/aromatic N) is 2. The summed E-state index contributed by atoms with van der Waals surface area (Å²) in [5, 5.41) is 12.9. The monoisotopic (exact) mass is 408 g/mol. The number of rotatable bonds is 10. The highest BCUT2D eigenvalue weighted by Gasteiger charge is 2.17. The van der Waals surface area contributed by atoms with Crippen LogP contribution in [0.2, 0.25) is 0 Å². The minimum atomic E-state index is -3.62. The molecular formula is C19H26N3O3S2-. The van der Waals surface area contributed by atoms with Gasteiger partial charge in [-0.3, -0.25) is 0 Å². The van der Waals surface area contributed by atoms with Crippen LogP contribution in [-0.4, -0.2) is 47.3 Å². The second-order valence-corrected chi connectivity index (χ2v) is 8.56. The smallest absolute Gasteiger partial charge is 0.241 e. The Morgan fingerprint density at radius 2 is 1.85 bits per heavy atom. The lowest BCUT2D eigenvalue weighted by molar-refractivity contribution is -0.218. The number of nitrogens with one attached hydrogen (secondary N) is 1. The number of fused-ring (bicyclic) bond motifs is 1. The maximum absolute atomic E-state index is 12.7. The van der Waals surface area contributed by atoms with E-state index in [9.17, 15) is 13.5 Å². The fourth-order valence-electron chi connectivity index (χ4n) is 2.79. The first-order valence-electron chi connectivity index (χ1n) is 8.86. The Morgan fingerprint density at radius 1 is 1.15 bits per heavy atom. The van der Waals surface area contributed by atoms with Gasteiger partial charge in [-0.2, -0.15) is 12.6 Å². The summed E-state index contributed by atoms with van der Waals surface area (Å²) in [5.74, 6) is 0.334. The molecular weight excluding hydrogens is 382 g/mol. The predicted molar refractivity (Wildman–Crippen MR) is 113 cm³/mol. The van der Waals surface area contributed by atoms with E-state index < -0.39 is 10.0 Å². The van der Waals surface area contributed by atoms with Crippen LogP contribution in [0.15, 0.2) is 46.3 Å². The lowest BCUT2D eigenvalue weighted by Gasteiger charge is -2.17. The van der Waals surface area contributed by atoms with Crippen LogP contribution in [-0.2, 0) is 10.0 Å². The highest BCUT2D eigenvalue weighted by atomic mass is 32.2. The first kappa shape index (κ1) is 21.5. The van der Waals surface area contributed by atoms with Crippen molar-refractivity contribution in [1.82, 2.24) is 4.72 Å². The molecule has 8 heteroatoms. The molecule has 0 atom stereocenters. The fraction of sp³-hybridized carbons (Fsp3) is 0.421. The first-order valence-corrected chi connectivity index (χ1v) is 11.0. The molecule has 148 valence electrons. The molecule has 0 unspecified atom stereocenters. The second kappa shape index (κ2) is 9.96. The standard InChI is InChI=1S/C19H27N3O3S2/c1-22(2)17-9-5-8-16-15(17)7-6-10-18(16)27(24,25)21-13-4-3-12-20-19(23)11-14-26/h5-10,21,26H,3-4,11-14H2,1-2H3,(H,20,23)/p-1. The zero-order valence-corrected chi connectivity index (χ0v) is 17.4. The van der Waals surface area contributed by atoms with Crippen LogP contribution in [0.1, 0.15) is 19.3 Å². The summed E-state index contributed by atoms with van der Waals surface area (Å²) in [5.41, 5.74) is 0.969. The van der Waals surface area contributed by atoms with Gasteiger partial charge in [-0.15, -0.1) is 0 Å². The Morgan fingerprint density at radius 3 is 2.56 bits per heavy atom. The molecule has 27 heavy (non-hydrogen) atoms. The van der Waals surface area contributed by atoms with Gasteiger partial charge in [0.1, 0.15) is 0 Å². The lowest BCUT2D eigenvalue weighted by atomic mass is 10.1. The van der Waals surface area contributed by atoms with Gasteiger partial charge in [0.2, 0.25) is 10.0 Å². The van der Waals surface area contributed by atoms with E-state index in [0.29, 0.717) is 43.5 Å². The Bertz CT molecular complexity index is 896. The average Bonchev–Trinajstić information content (AvgIpc) is 2.63. The topological polar surface area (TPSA) is 84.8 Å². The number of benzene rings is 2. The molecule has 2 aromatic rings. The largest absolute Gasteiger partial charge is 0.862 e. The maximum atomic E-state index is 12.7. The fourth-order valence-corrected chi connectivity index (χ4v) is 4.27. The zero-order valence-electron chi connectivity index (χ0n) is 15.7. The van der Waals surface area contributed by atoms with E-state index in [1.54, 1.807) is 12.1 Å². The number of hydrogen-bond donors (Lipinski definition) is 2. The van der Waals surface area contributed by atoms with Crippen molar-refractivity contribution in [2.75, 3.05) is 37.8 Å². The van der Waals surface area contributed by atoms with E-state index >= 15 is 0 Å². The van der Waals surface area contributed by atoms with Crippen LogP contribution in [0.4, 0.5) is 5.69 Å². The van der Waals surface area contributed by atoms with Crippen molar-refractivity contribution in [3.05, 3.63) is 36.4 Å². The van der Waals surface area contributed by atoms with Crippen LogP contribution in [0, 0.1) is 0 Å². The summed E-state index contributed by atoms with van der Waals surface area (Å²) in [6, 6.07) is 11.0. The lowest BCUT2D eigenvalue weighted by Crippen LogP contribution is -2.25. The number of unbranched alkanes of at least 4 members (excludes halogenated alkanes) is 1. The van der Waals surface area contributed by atoms with E-state index in [1.807, 2.05) is 43.3 Å². The van der Waals surface area contributed by atoms with Crippen LogP contribution in [0.5, 0.6) is 0 Å². The van der Waals surface area contributed by atoms with Gasteiger partial charge in [0.05, 0.1) is 4.90 Å². The number of sulfonamides is 1. The molecule has 2 aromatic carbocycles. The van der Waals surface area contributed by atoms with E-state index in [-0.39, 0.29) is 10.8 Å². The van der Waals surface area contributed by atoms with Crippen molar-refractivity contribution in [2.24, 2.45) is 4.99 Å². The maximum Gasteiger partial charge on any atom is 0.241 e. The van der Waals surface area contributed by atoms with Gasteiger partial charge in [0.25, 0.3) is 0 Å². The highest BCUT2D eigenvalue weighted by Crippen LogP contribution is 2.30. The van der Waals surface area contributed by atoms with E-state index in [4.69, 9.17) is 0 Å². The van der Waals surface area contributed by atoms with Crippen molar-refractivity contribution in [1.29, 1.82) is 0 Å². The normalized spacial score (nSPS) is 12.5. The van der Waals surface area contributed by atoms with Gasteiger partial charge < -0.3 is 15.0 Å². The molecule has 0 saturated carbocycles. The minimum absolute atomic E-state index is 0.155. The molecule has 6 nitrogen and oxygen atoms in total. The molecule has 0 heterocycles. The second-order valence-electron chi connectivity index (χ2n) is 6.38. The van der Waals surface area contributed by atoms with Crippen LogP contribution < -0.4 is 14.7 Å². The first-order chi connectivity index (χ1) is 12.9. The van der Waals surface area contributed by atoms with Gasteiger partial charge in [-0.25, -0.2) is 13.1 Å². The molecule has 2 rings (SSSR count). The Labute approximate surface area is 166 Å². The Balaban J connectivity index is 2.05. The molecule has 0 aliphatic rings. The van der Waals surface area contributed by atoms with E-state index in [0.717, 1.165) is 11.1 Å². The Kier molecular flexibility index (Phi) is 7.94. The summed E-state index contributed by atoms with van der Waals surface area (Å²) < 4.78 is 28.1. The third-order valence-electron chi connectivity index (χ3n) is 4.12. The molecule has 0 bridgehead atoms. The SMILES string of the molecule is CN(C)c1cccc2c(S(=O)(=O)NCCCCN=C([O-])CCS)cccc12. The number of hydrogen-bond acceptors (Lipinski definition) is 6. The third kappa shape index (κ3) is 5.85. The zero-order chi connectivity index (χ0) is 19.9. The number of anilines is 1. The van der Waals surface area contributed by atoms with Crippen LogP contribution in [0.3, 0.4) is 0 Å². The van der Waals surface area contributed by atoms with Crippen molar-refractivity contribution >= 4 is 45.0 Å². The molecule has 0 fully saturated rings. The molecule has 0 amide bonds. The summed E-state index contributed by atoms with van der Waals surface area (Å²) in [6.07, 6.45) is 1.61. The molecule has 0 radical (unpaired) electrons. The van der Waals surface area contributed by atoms with E-state index in [2.05, 4.69) is 22.3 Å². The summed E-state index contributed by atoms with van der Waals surface area (Å²) >= 11 is 3.99. The van der Waals surface area contributed by atoms with Crippen molar-refractivity contribution in [3.63, 3.8) is 0 Å². The van der Waals surface area contributed by atoms with Crippen molar-refractivity contribution < 1.29 is 13.5 Å². The van der Waals surface area contributed by atoms with Crippen molar-refractivity contribution in [2.45, 2.75) is 24.2 Å². The number of aliphatic imine (C=N–C) groups is 1. The van der Waals surface area contributed by atoms with Gasteiger partial charge in [0, 0.05) is 43.6 Å². The van der Waals surface area contributed by atoms with Gasteiger partial charge in [-0.1, -0.05) is 24.3 Å². The van der Waals surface area contributed by atoms with E-state index in [1.165, 1.54) is 0 Å². The van der Waals surface area contributed by atoms with Gasteiger partial charge in [-0.05, 0) is 43.0 Å². The molecule has 0 aromatic heterocycles. The van der Waals surface area contributed by atoms with Crippen molar-refractivity contribution in [3.8, 4) is 0 Å². The third-order valence-corrected chi connectivity index (χ3v) is 5.86. The number of thiol groups is 1. The molecule has 1 N–H and O–H groups in total. The van der Waals surface area contributed by atoms with Crippen LogP contribution in [0.25, 0.3) is 10.8 Å². The average molecular weight is 409 g/mol. The Hall–Kier alpha value is -1.77. The molecule has 0 spiro atoms. The van der Waals surface area contributed by atoms with Gasteiger partial charge in [0.15, 0.2) is 0 Å². The molecule has 0 saturated heterocycles. The molecule has 0 aliphatic carbocycles. The molecule has 0 aliphatic heterocycles. The minimum Gasteiger partial charge on any atom is -0.862 e. The van der Waals surface area contributed by atoms with Crippen LogP contribution >= 0.6 is 12.6 Å². The van der Waals surface area contributed by atoms with Gasteiger partial charge >= 0.3 is 0 Å². The quantitative estimate of drug-likeness (QED) is 0.273. The summed E-state index contributed by atoms with van der Waals surface area (Å²) in [4.78, 5) is 6.14.